The Morgan fingerprint density at radius 1 is 0.692 bits per heavy atom. The van der Waals surface area contributed by atoms with E-state index in [0.717, 1.165) is 12.8 Å². The molecule has 2 fully saturated rings. The number of nitrogens with two attached hydrogens (primary N) is 1. The standard InChI is InChI=1S/C47H75NO17/c1-27-17-15-13-11-9-7-5-6-8-10-12-14-16-18-34(64-46-44(58)41(48)43(57)30(4)63-46)24-38-40(45(59)60)37(54)26-47(61,65-38)25-36(53)35(52)20-19-31(49)21-32(50)22-33(51)23-39(55)62-29(3)28(2)42(27)56/h5-6,8,10-18,27-38,40-44,46,49-54,56-58,61H,7,9,19-26,48H2,1-4H3,(H,59,60)/b6-5+,10-8+,13-11+,14-12+,17-15+,18-16+/t27-,28-,29-,30+,31-,32+,33-,34-,35+,36+,37-,38-,40+,41-,42+,43+,44-,46-,47-/m0/s1. The van der Waals surface area contributed by atoms with Crippen LogP contribution in [0, 0.1) is 17.8 Å². The molecule has 0 aromatic heterocycles. The fraction of sp³-hybridized carbons (Fsp3) is 0.702. The number of carboxylic acid groups (broad SMARTS) is 1. The molecule has 3 aliphatic rings. The Bertz CT molecular complexity index is 1620. The van der Waals surface area contributed by atoms with Gasteiger partial charge in [-0.15, -0.1) is 0 Å². The van der Waals surface area contributed by atoms with Gasteiger partial charge in [-0.1, -0.05) is 86.8 Å². The Labute approximate surface area is 381 Å². The highest BCUT2D eigenvalue weighted by molar-refractivity contribution is 5.71. The molecule has 0 spiro atoms. The second kappa shape index (κ2) is 27.6. The predicted molar refractivity (Wildman–Crippen MR) is 237 cm³/mol. The van der Waals surface area contributed by atoms with Crippen molar-refractivity contribution >= 4 is 11.9 Å². The van der Waals surface area contributed by atoms with Crippen molar-refractivity contribution in [2.75, 3.05) is 0 Å². The molecule has 0 aromatic carbocycles. The van der Waals surface area contributed by atoms with Gasteiger partial charge in [-0.2, -0.15) is 0 Å². The zero-order valence-corrected chi connectivity index (χ0v) is 37.8. The third kappa shape index (κ3) is 18.8. The highest BCUT2D eigenvalue weighted by Crippen LogP contribution is 2.38. The van der Waals surface area contributed by atoms with Crippen molar-refractivity contribution in [3.8, 4) is 0 Å². The van der Waals surface area contributed by atoms with E-state index < -0.39 is 141 Å². The average Bonchev–Trinajstić information content (AvgIpc) is 3.21. The smallest absolute Gasteiger partial charge is 0.311 e. The quantitative estimate of drug-likeness (QED) is 0.175. The van der Waals surface area contributed by atoms with Gasteiger partial charge in [0.25, 0.3) is 0 Å². The number of aliphatic hydroxyl groups is 10. The molecule has 0 radical (unpaired) electrons. The van der Waals surface area contributed by atoms with Crippen molar-refractivity contribution in [2.24, 2.45) is 23.5 Å². The lowest BCUT2D eigenvalue weighted by Crippen LogP contribution is -2.61. The molecule has 19 atom stereocenters. The Balaban J connectivity index is 1.84. The minimum Gasteiger partial charge on any atom is -0.481 e. The van der Waals surface area contributed by atoms with Gasteiger partial charge in [-0.05, 0) is 52.4 Å². The summed E-state index contributed by atoms with van der Waals surface area (Å²) in [5.74, 6) is -6.82. The number of fused-ring (bicyclic) bond motifs is 2. The van der Waals surface area contributed by atoms with Crippen molar-refractivity contribution < 1.29 is 84.7 Å². The number of cyclic esters (lactones) is 1. The summed E-state index contributed by atoms with van der Waals surface area (Å²) in [6, 6.07) is -1.14. The fourth-order valence-electron chi connectivity index (χ4n) is 8.11. The van der Waals surface area contributed by atoms with Crippen LogP contribution in [0.2, 0.25) is 0 Å². The summed E-state index contributed by atoms with van der Waals surface area (Å²) in [7, 11) is 0. The maximum Gasteiger partial charge on any atom is 0.311 e. The molecule has 0 unspecified atom stereocenters. The monoisotopic (exact) mass is 926 g/mol. The molecule has 0 amide bonds. The molecule has 0 aliphatic carbocycles. The van der Waals surface area contributed by atoms with E-state index in [1.54, 1.807) is 38.2 Å². The van der Waals surface area contributed by atoms with Crippen LogP contribution >= 0.6 is 0 Å². The molecule has 3 heterocycles. The van der Waals surface area contributed by atoms with E-state index in [2.05, 4.69) is 0 Å². The summed E-state index contributed by atoms with van der Waals surface area (Å²) in [5.41, 5.74) is 6.02. The van der Waals surface area contributed by atoms with Crippen molar-refractivity contribution in [3.63, 3.8) is 0 Å². The number of hydrogen-bond acceptors (Lipinski definition) is 17. The Hall–Kier alpha value is -3.18. The number of allylic oxidation sites excluding steroid dienone is 10. The summed E-state index contributed by atoms with van der Waals surface area (Å²) in [6.45, 7) is 6.78. The van der Waals surface area contributed by atoms with Crippen LogP contribution in [0.5, 0.6) is 0 Å². The molecular formula is C47H75NO17. The van der Waals surface area contributed by atoms with E-state index in [1.165, 1.54) is 13.0 Å². The zero-order chi connectivity index (χ0) is 48.4. The molecule has 370 valence electrons. The van der Waals surface area contributed by atoms with E-state index in [-0.39, 0.29) is 38.0 Å². The second-order valence-electron chi connectivity index (χ2n) is 17.8. The van der Waals surface area contributed by atoms with E-state index in [0.29, 0.717) is 0 Å². The molecule has 65 heavy (non-hydrogen) atoms. The van der Waals surface area contributed by atoms with E-state index in [4.69, 9.17) is 24.7 Å². The van der Waals surface area contributed by atoms with E-state index in [1.807, 2.05) is 49.5 Å². The lowest BCUT2D eigenvalue weighted by molar-refractivity contribution is -0.310. The number of esters is 1. The van der Waals surface area contributed by atoms with Gasteiger partial charge in [-0.3, -0.25) is 9.59 Å². The first-order valence-corrected chi connectivity index (χ1v) is 22.6. The Morgan fingerprint density at radius 3 is 1.94 bits per heavy atom. The van der Waals surface area contributed by atoms with Gasteiger partial charge < -0.3 is 80.9 Å². The van der Waals surface area contributed by atoms with E-state index in [9.17, 15) is 65.8 Å². The van der Waals surface area contributed by atoms with Gasteiger partial charge >= 0.3 is 11.9 Å². The van der Waals surface area contributed by atoms with Crippen molar-refractivity contribution in [1.29, 1.82) is 0 Å². The first kappa shape index (κ1) is 56.1. The Morgan fingerprint density at radius 2 is 1.28 bits per heavy atom. The molecule has 2 saturated heterocycles. The molecule has 18 nitrogen and oxygen atoms in total. The fourth-order valence-corrected chi connectivity index (χ4v) is 8.11. The number of aliphatic carboxylic acids is 1. The number of ether oxygens (including phenoxy) is 4. The van der Waals surface area contributed by atoms with Crippen LogP contribution in [0.15, 0.2) is 72.9 Å². The summed E-state index contributed by atoms with van der Waals surface area (Å²) < 4.78 is 23.2. The van der Waals surface area contributed by atoms with Crippen LogP contribution in [0.25, 0.3) is 0 Å². The van der Waals surface area contributed by atoms with Gasteiger partial charge in [0.1, 0.15) is 18.1 Å². The van der Waals surface area contributed by atoms with Crippen LogP contribution in [0.1, 0.15) is 91.9 Å². The number of rotatable bonds is 3. The summed E-state index contributed by atoms with van der Waals surface area (Å²) in [5, 5.41) is 118. The lowest BCUT2D eigenvalue weighted by atomic mass is 9.82. The number of carbonyl (C=O) groups excluding carboxylic acids is 1. The van der Waals surface area contributed by atoms with Crippen LogP contribution in [-0.2, 0) is 28.5 Å². The summed E-state index contributed by atoms with van der Waals surface area (Å²) >= 11 is 0. The van der Waals surface area contributed by atoms with Crippen LogP contribution in [0.3, 0.4) is 0 Å². The number of carbonyl (C=O) groups is 2. The molecule has 2 bridgehead atoms. The highest BCUT2D eigenvalue weighted by atomic mass is 16.7. The maximum absolute atomic E-state index is 12.6. The van der Waals surface area contributed by atoms with Gasteiger partial charge in [0.2, 0.25) is 0 Å². The molecule has 0 aromatic rings. The second-order valence-corrected chi connectivity index (χ2v) is 17.8. The highest BCUT2D eigenvalue weighted by Gasteiger charge is 2.51. The number of carboxylic acids is 1. The van der Waals surface area contributed by atoms with Gasteiger partial charge in [0.05, 0.1) is 79.6 Å². The van der Waals surface area contributed by atoms with E-state index >= 15 is 0 Å². The van der Waals surface area contributed by atoms with Gasteiger partial charge in [0.15, 0.2) is 12.1 Å². The summed E-state index contributed by atoms with van der Waals surface area (Å²) in [4.78, 5) is 25.1. The normalized spacial score (nSPS) is 45.2. The Kier molecular flexibility index (Phi) is 23.8. The maximum atomic E-state index is 12.6. The largest absolute Gasteiger partial charge is 0.481 e. The number of aliphatic hydroxyl groups excluding tert-OH is 9. The minimum absolute atomic E-state index is 0.138. The minimum atomic E-state index is -2.35. The molecular weight excluding hydrogens is 851 g/mol. The number of hydrogen-bond donors (Lipinski definition) is 12. The third-order valence-electron chi connectivity index (χ3n) is 12.2. The molecule has 3 aliphatic heterocycles. The average molecular weight is 926 g/mol. The topological polar surface area (TPSA) is 320 Å². The van der Waals surface area contributed by atoms with Gasteiger partial charge in [-0.25, -0.2) is 0 Å². The van der Waals surface area contributed by atoms with Crippen LogP contribution in [0.4, 0.5) is 0 Å². The molecule has 18 heteroatoms. The zero-order valence-electron chi connectivity index (χ0n) is 37.8. The van der Waals surface area contributed by atoms with Crippen molar-refractivity contribution in [3.05, 3.63) is 72.9 Å². The predicted octanol–water partition coefficient (Wildman–Crippen LogP) is 0.936. The van der Waals surface area contributed by atoms with Crippen LogP contribution in [-0.4, -0.2) is 166 Å². The third-order valence-corrected chi connectivity index (χ3v) is 12.2. The van der Waals surface area contributed by atoms with Crippen molar-refractivity contribution in [2.45, 2.75) is 189 Å². The summed E-state index contributed by atoms with van der Waals surface area (Å²) in [6.07, 6.45) is 2.28. The SMILES string of the molecule is C[C@@H]1[C@H](O)[C@@H](C)/C=C/C=C/CC/C=C/C=C/C=C/C=C/[C@H](O[C@@H]2O[C@H](C)[C@@H](O)[C@H](N)[C@@H]2O)C[C@@H]2O[C@@](O)(C[C@@H](O)[C@H](O)CC[C@H](O)C[C@@H](O)C[C@H](O)CC(=O)O[C@H]1C)C[C@H](O)[C@H]2C(=O)O. The van der Waals surface area contributed by atoms with Crippen molar-refractivity contribution in [1.82, 2.24) is 0 Å². The first-order chi connectivity index (χ1) is 30.6. The van der Waals surface area contributed by atoms with Gasteiger partial charge in [0, 0.05) is 31.1 Å². The van der Waals surface area contributed by atoms with Crippen LogP contribution < -0.4 is 5.73 Å². The molecule has 0 saturated carbocycles. The lowest BCUT2D eigenvalue weighted by Gasteiger charge is -2.45. The molecule has 13 N–H and O–H groups in total. The molecule has 3 rings (SSSR count). The first-order valence-electron chi connectivity index (χ1n) is 22.6.